The highest BCUT2D eigenvalue weighted by Gasteiger charge is 2.14. The minimum Gasteiger partial charge on any atom is -0.140 e. The van der Waals surface area contributed by atoms with Gasteiger partial charge in [-0.15, -0.1) is 34.0 Å². The summed E-state index contributed by atoms with van der Waals surface area (Å²) < 4.78 is 5.75. The molecular weight excluding hydrogens is 505 g/mol. The number of hydrogen-bond acceptors (Lipinski definition) is 3. The zero-order chi connectivity index (χ0) is 25.2. The standard InChI is InChI=1S/C34H36S3/c1-3-5-7-9-11-23-13-14-24-22-32-29(21-26(24)19-23)34-33(37-32)28-20-25(15-17-31(28)36-34)30-18-16-27(35-30)12-10-8-6-4-2/h13-22H,3-12H2,1-2H3. The molecule has 3 heterocycles. The molecule has 0 aliphatic heterocycles. The second kappa shape index (κ2) is 11.3. The molecule has 0 N–H and O–H groups in total. The molecule has 0 fully saturated rings. The topological polar surface area (TPSA) is 0 Å². The summed E-state index contributed by atoms with van der Waals surface area (Å²) in [5, 5.41) is 5.62. The average molecular weight is 541 g/mol. The zero-order valence-electron chi connectivity index (χ0n) is 22.1. The fraction of sp³-hybridized carbons (Fsp3) is 0.353. The van der Waals surface area contributed by atoms with E-state index in [1.165, 1.54) is 125 Å². The van der Waals surface area contributed by atoms with Gasteiger partial charge in [0.15, 0.2) is 0 Å². The smallest absolute Gasteiger partial charge is 0.0542 e. The van der Waals surface area contributed by atoms with Crippen LogP contribution in [0.3, 0.4) is 0 Å². The Balaban J connectivity index is 1.32. The van der Waals surface area contributed by atoms with Crippen molar-refractivity contribution in [3.05, 3.63) is 71.1 Å². The molecule has 0 aliphatic rings. The van der Waals surface area contributed by atoms with Crippen molar-refractivity contribution >= 4 is 74.4 Å². The largest absolute Gasteiger partial charge is 0.140 e. The number of rotatable bonds is 11. The normalized spacial score (nSPS) is 12.1. The van der Waals surface area contributed by atoms with E-state index in [0.717, 1.165) is 0 Å². The van der Waals surface area contributed by atoms with Crippen LogP contribution in [0, 0.1) is 0 Å². The first-order valence-electron chi connectivity index (χ1n) is 14.1. The quantitative estimate of drug-likeness (QED) is 0.143. The summed E-state index contributed by atoms with van der Waals surface area (Å²) in [5.74, 6) is 0. The van der Waals surface area contributed by atoms with Crippen molar-refractivity contribution in [1.29, 1.82) is 0 Å². The van der Waals surface area contributed by atoms with Crippen molar-refractivity contribution in [3.63, 3.8) is 0 Å². The minimum atomic E-state index is 1.20. The maximum Gasteiger partial charge on any atom is 0.0542 e. The molecule has 0 amide bonds. The molecule has 0 aliphatic carbocycles. The molecule has 190 valence electrons. The first-order chi connectivity index (χ1) is 18.2. The van der Waals surface area contributed by atoms with Crippen LogP contribution in [0.15, 0.2) is 60.7 Å². The average Bonchev–Trinajstić information content (AvgIpc) is 3.62. The lowest BCUT2D eigenvalue weighted by atomic mass is 10.0. The van der Waals surface area contributed by atoms with Crippen molar-refractivity contribution in [2.24, 2.45) is 0 Å². The Bertz CT molecular complexity index is 1660. The molecule has 0 saturated carbocycles. The van der Waals surface area contributed by atoms with Gasteiger partial charge in [0.1, 0.15) is 0 Å². The van der Waals surface area contributed by atoms with Gasteiger partial charge in [0, 0.05) is 29.9 Å². The lowest BCUT2D eigenvalue weighted by molar-refractivity contribution is 0.667. The molecule has 0 radical (unpaired) electrons. The summed E-state index contributed by atoms with van der Waals surface area (Å²) in [5.41, 5.74) is 2.85. The number of thiophene rings is 3. The number of hydrogen-bond donors (Lipinski definition) is 0. The maximum absolute atomic E-state index is 2.46. The molecule has 0 atom stereocenters. The van der Waals surface area contributed by atoms with Gasteiger partial charge in [-0.25, -0.2) is 0 Å². The molecule has 6 aromatic rings. The Morgan fingerprint density at radius 2 is 1.30 bits per heavy atom. The molecule has 3 aromatic carbocycles. The Labute approximate surface area is 233 Å². The maximum atomic E-state index is 2.46. The molecule has 6 rings (SSSR count). The summed E-state index contributed by atoms with van der Waals surface area (Å²) in [6.07, 6.45) is 13.0. The minimum absolute atomic E-state index is 1.20. The van der Waals surface area contributed by atoms with E-state index in [1.54, 1.807) is 0 Å². The van der Waals surface area contributed by atoms with Crippen LogP contribution in [-0.4, -0.2) is 0 Å². The molecule has 0 spiro atoms. The van der Waals surface area contributed by atoms with Crippen LogP contribution in [0.25, 0.3) is 50.8 Å². The molecule has 37 heavy (non-hydrogen) atoms. The van der Waals surface area contributed by atoms with Gasteiger partial charge in [-0.1, -0.05) is 76.6 Å². The first kappa shape index (κ1) is 25.1. The Morgan fingerprint density at radius 3 is 2.11 bits per heavy atom. The van der Waals surface area contributed by atoms with Crippen LogP contribution in [0.2, 0.25) is 0 Å². The van der Waals surface area contributed by atoms with E-state index < -0.39 is 0 Å². The van der Waals surface area contributed by atoms with Gasteiger partial charge < -0.3 is 0 Å². The predicted molar refractivity (Wildman–Crippen MR) is 171 cm³/mol. The van der Waals surface area contributed by atoms with Gasteiger partial charge in [-0.2, -0.15) is 0 Å². The van der Waals surface area contributed by atoms with Gasteiger partial charge in [0.25, 0.3) is 0 Å². The monoisotopic (exact) mass is 540 g/mol. The summed E-state index contributed by atoms with van der Waals surface area (Å²) in [6.45, 7) is 4.57. The molecule has 0 saturated heterocycles. The second-order valence-electron chi connectivity index (χ2n) is 10.5. The number of aryl methyl sites for hydroxylation is 2. The fourth-order valence-corrected chi connectivity index (χ4v) is 9.20. The Morgan fingerprint density at radius 1 is 0.541 bits per heavy atom. The van der Waals surface area contributed by atoms with Crippen LogP contribution in [0.1, 0.15) is 75.7 Å². The van der Waals surface area contributed by atoms with Crippen molar-refractivity contribution < 1.29 is 0 Å². The highest BCUT2D eigenvalue weighted by molar-refractivity contribution is 7.36. The van der Waals surface area contributed by atoms with Gasteiger partial charge in [-0.3, -0.25) is 0 Å². The Kier molecular flexibility index (Phi) is 7.65. The third-order valence-corrected chi connectivity index (χ3v) is 11.4. The summed E-state index contributed by atoms with van der Waals surface area (Å²) in [6, 6.07) is 23.8. The molecule has 0 unspecified atom stereocenters. The Hall–Kier alpha value is -2.20. The van der Waals surface area contributed by atoms with E-state index in [9.17, 15) is 0 Å². The van der Waals surface area contributed by atoms with E-state index in [1.807, 2.05) is 34.0 Å². The van der Waals surface area contributed by atoms with E-state index >= 15 is 0 Å². The fourth-order valence-electron chi connectivity index (χ4n) is 5.51. The third kappa shape index (κ3) is 5.24. The third-order valence-electron chi connectivity index (χ3n) is 7.64. The number of unbranched alkanes of at least 4 members (excludes halogenated alkanes) is 6. The van der Waals surface area contributed by atoms with Crippen molar-refractivity contribution in [1.82, 2.24) is 0 Å². The molecule has 0 nitrogen and oxygen atoms in total. The first-order valence-corrected chi connectivity index (χ1v) is 16.6. The summed E-state index contributed by atoms with van der Waals surface area (Å²) in [4.78, 5) is 2.94. The lowest BCUT2D eigenvalue weighted by Gasteiger charge is -2.05. The van der Waals surface area contributed by atoms with E-state index in [2.05, 4.69) is 74.5 Å². The van der Waals surface area contributed by atoms with Crippen LogP contribution >= 0.6 is 34.0 Å². The number of fused-ring (bicyclic) bond motifs is 6. The van der Waals surface area contributed by atoms with Crippen LogP contribution in [0.5, 0.6) is 0 Å². The van der Waals surface area contributed by atoms with Crippen molar-refractivity contribution in [3.8, 4) is 10.4 Å². The van der Waals surface area contributed by atoms with Gasteiger partial charge in [0.05, 0.1) is 9.40 Å². The molecule has 3 heteroatoms. The van der Waals surface area contributed by atoms with Crippen LogP contribution in [0.4, 0.5) is 0 Å². The molecule has 0 bridgehead atoms. The van der Waals surface area contributed by atoms with Gasteiger partial charge in [-0.05, 0) is 84.0 Å². The van der Waals surface area contributed by atoms with E-state index in [-0.39, 0.29) is 0 Å². The highest BCUT2D eigenvalue weighted by atomic mass is 32.1. The SMILES string of the molecule is CCCCCCc1ccc2cc3sc4c5cc(-c6ccc(CCCCCC)s6)ccc5sc4c3cc2c1. The second-order valence-corrected chi connectivity index (χ2v) is 13.8. The lowest BCUT2D eigenvalue weighted by Crippen LogP contribution is -1.86. The van der Waals surface area contributed by atoms with Gasteiger partial charge in [0.2, 0.25) is 0 Å². The van der Waals surface area contributed by atoms with Gasteiger partial charge >= 0.3 is 0 Å². The van der Waals surface area contributed by atoms with Crippen LogP contribution in [-0.2, 0) is 12.8 Å². The van der Waals surface area contributed by atoms with Crippen molar-refractivity contribution in [2.45, 2.75) is 78.1 Å². The summed E-state index contributed by atoms with van der Waals surface area (Å²) >= 11 is 5.93. The molecule has 3 aromatic heterocycles. The van der Waals surface area contributed by atoms with E-state index in [0.29, 0.717) is 0 Å². The highest BCUT2D eigenvalue weighted by Crippen LogP contribution is 2.46. The summed E-state index contributed by atoms with van der Waals surface area (Å²) in [7, 11) is 0. The predicted octanol–water partition coefficient (Wildman–Crippen LogP) is 12.4. The zero-order valence-corrected chi connectivity index (χ0v) is 24.5. The van der Waals surface area contributed by atoms with Crippen molar-refractivity contribution in [2.75, 3.05) is 0 Å². The molecular formula is C34H36S3. The van der Waals surface area contributed by atoms with Crippen LogP contribution < -0.4 is 0 Å². The number of benzene rings is 3. The van der Waals surface area contributed by atoms with E-state index in [4.69, 9.17) is 0 Å².